The van der Waals surface area contributed by atoms with E-state index < -0.39 is 54.6 Å². The average Bonchev–Trinajstić information content (AvgIpc) is 3.10. The minimum Gasteiger partial charge on any atom is -0.487 e. The van der Waals surface area contributed by atoms with Gasteiger partial charge in [-0.3, -0.25) is 0 Å². The van der Waals surface area contributed by atoms with Crippen LogP contribution < -0.4 is 10.4 Å². The van der Waals surface area contributed by atoms with Gasteiger partial charge in [-0.2, -0.15) is 0 Å². The van der Waals surface area contributed by atoms with E-state index in [-0.39, 0.29) is 0 Å². The van der Waals surface area contributed by atoms with Gasteiger partial charge in [0.15, 0.2) is 6.29 Å². The standard InChI is InChI=1S/C20H24O9/c1-20(2,29-19-18(25)17(24)16(23)13(8-21)28-19)14-6-10-5-9-3-4-15(22)27-11(9)7-12(10)26-14/h3-5,7,13-14,16-19,21,23-25H,6,8H2,1-2H3/t13-,14+,16+,17+,18+,19+/m0/s1. The molecule has 4 rings (SSSR count). The van der Waals surface area contributed by atoms with Crippen LogP contribution in [0.15, 0.2) is 33.5 Å². The van der Waals surface area contributed by atoms with E-state index in [1.165, 1.54) is 6.07 Å². The van der Waals surface area contributed by atoms with Crippen molar-refractivity contribution in [2.45, 2.75) is 62.7 Å². The fraction of sp³-hybridized carbons (Fsp3) is 0.550. The lowest BCUT2D eigenvalue weighted by molar-refractivity contribution is -0.329. The Labute approximate surface area is 166 Å². The first-order valence-corrected chi connectivity index (χ1v) is 9.41. The van der Waals surface area contributed by atoms with Crippen molar-refractivity contribution in [3.8, 4) is 5.75 Å². The SMILES string of the molecule is CC(C)(O[C@H]1O[C@@H](CO)[C@@H](O)[C@@H](O)[C@H]1O)[C@H]1Cc2cc3ccc(=O)oc3cc2O1. The Morgan fingerprint density at radius 3 is 2.62 bits per heavy atom. The maximum atomic E-state index is 11.4. The minimum atomic E-state index is -1.52. The molecule has 4 N–H and O–H groups in total. The van der Waals surface area contributed by atoms with E-state index in [1.54, 1.807) is 26.0 Å². The average molecular weight is 408 g/mol. The number of rotatable bonds is 4. The zero-order chi connectivity index (χ0) is 20.9. The van der Waals surface area contributed by atoms with E-state index >= 15 is 0 Å². The molecular formula is C20H24O9. The molecule has 29 heavy (non-hydrogen) atoms. The monoisotopic (exact) mass is 408 g/mol. The molecule has 0 spiro atoms. The van der Waals surface area contributed by atoms with Gasteiger partial charge in [-0.25, -0.2) is 4.79 Å². The van der Waals surface area contributed by atoms with Crippen molar-refractivity contribution in [1.82, 2.24) is 0 Å². The first kappa shape index (κ1) is 20.3. The molecule has 1 aromatic heterocycles. The summed E-state index contributed by atoms with van der Waals surface area (Å²) in [5.74, 6) is 0.572. The molecule has 6 atom stereocenters. The van der Waals surface area contributed by atoms with Crippen LogP contribution in [0.5, 0.6) is 5.75 Å². The van der Waals surface area contributed by atoms with Gasteiger partial charge in [-0.1, -0.05) is 0 Å². The first-order chi connectivity index (χ1) is 13.7. The van der Waals surface area contributed by atoms with Crippen LogP contribution in [0, 0.1) is 0 Å². The molecule has 3 heterocycles. The van der Waals surface area contributed by atoms with Crippen LogP contribution in [0.1, 0.15) is 19.4 Å². The zero-order valence-corrected chi connectivity index (χ0v) is 16.0. The van der Waals surface area contributed by atoms with Gasteiger partial charge in [0.1, 0.15) is 47.5 Å². The molecule has 1 fully saturated rings. The maximum absolute atomic E-state index is 11.4. The second-order valence-corrected chi connectivity index (χ2v) is 7.98. The van der Waals surface area contributed by atoms with Crippen LogP contribution in [0.3, 0.4) is 0 Å². The van der Waals surface area contributed by atoms with Crippen molar-refractivity contribution in [3.05, 3.63) is 40.2 Å². The lowest BCUT2D eigenvalue weighted by Crippen LogP contribution is -2.61. The Kier molecular flexibility index (Phi) is 5.14. The van der Waals surface area contributed by atoms with Crippen molar-refractivity contribution in [2.24, 2.45) is 0 Å². The molecule has 1 aromatic carbocycles. The van der Waals surface area contributed by atoms with Crippen LogP contribution in [-0.4, -0.2) is 69.4 Å². The molecule has 0 aliphatic carbocycles. The van der Waals surface area contributed by atoms with E-state index in [4.69, 9.17) is 18.6 Å². The minimum absolute atomic E-state index is 0.421. The van der Waals surface area contributed by atoms with Crippen molar-refractivity contribution in [1.29, 1.82) is 0 Å². The topological polar surface area (TPSA) is 139 Å². The predicted molar refractivity (Wildman–Crippen MR) is 99.5 cm³/mol. The van der Waals surface area contributed by atoms with Crippen molar-refractivity contribution < 1.29 is 39.1 Å². The number of ether oxygens (including phenoxy) is 3. The van der Waals surface area contributed by atoms with Crippen LogP contribution in [0.4, 0.5) is 0 Å². The molecule has 0 bridgehead atoms. The Morgan fingerprint density at radius 2 is 1.90 bits per heavy atom. The van der Waals surface area contributed by atoms with E-state index in [0.717, 1.165) is 10.9 Å². The predicted octanol–water partition coefficient (Wildman–Crippen LogP) is -0.308. The fourth-order valence-electron chi connectivity index (χ4n) is 3.74. The molecular weight excluding hydrogens is 384 g/mol. The highest BCUT2D eigenvalue weighted by Gasteiger charge is 2.48. The maximum Gasteiger partial charge on any atom is 0.336 e. The zero-order valence-electron chi connectivity index (χ0n) is 16.0. The number of fused-ring (bicyclic) bond motifs is 2. The van der Waals surface area contributed by atoms with Crippen LogP contribution >= 0.6 is 0 Å². The number of benzene rings is 1. The molecule has 1 saturated heterocycles. The molecule has 0 saturated carbocycles. The largest absolute Gasteiger partial charge is 0.487 e. The molecule has 0 radical (unpaired) electrons. The highest BCUT2D eigenvalue weighted by Crippen LogP contribution is 2.38. The number of hydrogen-bond acceptors (Lipinski definition) is 9. The highest BCUT2D eigenvalue weighted by molar-refractivity contribution is 5.79. The van der Waals surface area contributed by atoms with Gasteiger partial charge in [0, 0.05) is 23.9 Å². The van der Waals surface area contributed by atoms with E-state index in [0.29, 0.717) is 17.8 Å². The van der Waals surface area contributed by atoms with Crippen molar-refractivity contribution in [3.63, 3.8) is 0 Å². The smallest absolute Gasteiger partial charge is 0.336 e. The first-order valence-electron chi connectivity index (χ1n) is 9.41. The third kappa shape index (κ3) is 3.65. The second kappa shape index (κ2) is 7.35. The van der Waals surface area contributed by atoms with Gasteiger partial charge in [0.25, 0.3) is 0 Å². The van der Waals surface area contributed by atoms with Gasteiger partial charge >= 0.3 is 5.63 Å². The third-order valence-corrected chi connectivity index (χ3v) is 5.52. The van der Waals surface area contributed by atoms with E-state index in [9.17, 15) is 25.2 Å². The summed E-state index contributed by atoms with van der Waals surface area (Å²) in [4.78, 5) is 11.4. The van der Waals surface area contributed by atoms with Gasteiger partial charge < -0.3 is 39.1 Å². The molecule has 0 amide bonds. The fourth-order valence-corrected chi connectivity index (χ4v) is 3.74. The Hall–Kier alpha value is -2.01. The van der Waals surface area contributed by atoms with Gasteiger partial charge in [-0.05, 0) is 31.5 Å². The van der Waals surface area contributed by atoms with E-state index in [2.05, 4.69) is 0 Å². The normalized spacial score (nSPS) is 32.2. The molecule has 9 heteroatoms. The summed E-state index contributed by atoms with van der Waals surface area (Å²) in [6.45, 7) is 2.98. The Morgan fingerprint density at radius 1 is 1.14 bits per heavy atom. The quantitative estimate of drug-likeness (QED) is 0.502. The molecule has 0 unspecified atom stereocenters. The summed E-state index contributed by atoms with van der Waals surface area (Å²) in [6.07, 6.45) is -6.71. The summed E-state index contributed by atoms with van der Waals surface area (Å²) >= 11 is 0. The Bertz CT molecular complexity index is 951. The number of aliphatic hydroxyl groups is 4. The Balaban J connectivity index is 1.53. The van der Waals surface area contributed by atoms with Crippen molar-refractivity contribution in [2.75, 3.05) is 6.61 Å². The molecule has 2 aliphatic rings. The summed E-state index contributed by atoms with van der Waals surface area (Å²) < 4.78 is 22.6. The molecule has 2 aliphatic heterocycles. The molecule has 9 nitrogen and oxygen atoms in total. The summed E-state index contributed by atoms with van der Waals surface area (Å²) in [5, 5.41) is 40.2. The van der Waals surface area contributed by atoms with Gasteiger partial charge in [-0.15, -0.1) is 0 Å². The second-order valence-electron chi connectivity index (χ2n) is 7.98. The van der Waals surface area contributed by atoms with Crippen LogP contribution in [0.25, 0.3) is 11.0 Å². The lowest BCUT2D eigenvalue weighted by atomic mass is 9.95. The summed E-state index contributed by atoms with van der Waals surface area (Å²) in [7, 11) is 0. The summed E-state index contributed by atoms with van der Waals surface area (Å²) in [6, 6.07) is 6.59. The van der Waals surface area contributed by atoms with Crippen molar-refractivity contribution >= 4 is 11.0 Å². The van der Waals surface area contributed by atoms with E-state index in [1.807, 2.05) is 6.07 Å². The van der Waals surface area contributed by atoms with Crippen LogP contribution in [0.2, 0.25) is 0 Å². The number of aliphatic hydroxyl groups excluding tert-OH is 4. The number of hydrogen-bond donors (Lipinski definition) is 4. The van der Waals surface area contributed by atoms with Gasteiger partial charge in [0.05, 0.1) is 6.61 Å². The lowest BCUT2D eigenvalue weighted by Gasteiger charge is -2.43. The van der Waals surface area contributed by atoms with Crippen LogP contribution in [-0.2, 0) is 15.9 Å². The van der Waals surface area contributed by atoms with Gasteiger partial charge in [0.2, 0.25) is 0 Å². The molecule has 2 aromatic rings. The third-order valence-electron chi connectivity index (χ3n) is 5.52. The molecule has 158 valence electrons. The summed E-state index contributed by atoms with van der Waals surface area (Å²) in [5.41, 5.74) is -0.0654. The highest BCUT2D eigenvalue weighted by atomic mass is 16.7.